The molecule has 0 radical (unpaired) electrons. The highest BCUT2D eigenvalue weighted by atomic mass is 16.5. The molecule has 0 spiro atoms. The molecule has 2 aliphatic heterocycles. The molecule has 3 amide bonds. The first kappa shape index (κ1) is 17.8. The molecule has 2 aliphatic rings. The number of hydrogen-bond acceptors (Lipinski definition) is 4. The molecule has 4 rings (SSSR count). The van der Waals surface area contributed by atoms with Gasteiger partial charge in [0.15, 0.2) is 0 Å². The van der Waals surface area contributed by atoms with Crippen LogP contribution in [-0.4, -0.2) is 48.6 Å². The van der Waals surface area contributed by atoms with Crippen molar-refractivity contribution in [3.05, 3.63) is 42.0 Å². The summed E-state index contributed by atoms with van der Waals surface area (Å²) in [6.45, 7) is 4.02. The lowest BCUT2D eigenvalue weighted by Crippen LogP contribution is -2.45. The lowest BCUT2D eigenvalue weighted by molar-refractivity contribution is -0.132. The molecule has 0 bridgehead atoms. The van der Waals surface area contributed by atoms with Crippen molar-refractivity contribution in [1.29, 1.82) is 0 Å². The molecule has 0 aliphatic carbocycles. The highest BCUT2D eigenvalue weighted by Crippen LogP contribution is 2.32. The van der Waals surface area contributed by atoms with E-state index >= 15 is 0 Å². The maximum absolute atomic E-state index is 13.1. The smallest absolute Gasteiger partial charge is 0.326 e. The van der Waals surface area contributed by atoms with Crippen molar-refractivity contribution in [3.63, 3.8) is 0 Å². The van der Waals surface area contributed by atoms with E-state index < -0.39 is 5.54 Å². The van der Waals surface area contributed by atoms with Gasteiger partial charge in [0.1, 0.15) is 11.3 Å². The van der Waals surface area contributed by atoms with Crippen LogP contribution in [0.4, 0.5) is 4.79 Å². The molecule has 1 N–H and O–H groups in total. The van der Waals surface area contributed by atoms with E-state index in [4.69, 9.17) is 4.74 Å². The number of benzene rings is 2. The number of fused-ring (bicyclic) bond motifs is 1. The van der Waals surface area contributed by atoms with Gasteiger partial charge in [-0.1, -0.05) is 24.6 Å². The van der Waals surface area contributed by atoms with Gasteiger partial charge < -0.3 is 10.1 Å². The fourth-order valence-electron chi connectivity index (χ4n) is 3.98. The number of nitrogens with one attached hydrogen (secondary N) is 1. The Hall–Kier alpha value is -2.60. The first-order chi connectivity index (χ1) is 13.0. The summed E-state index contributed by atoms with van der Waals surface area (Å²) in [6.07, 6.45) is 3.46. The summed E-state index contributed by atoms with van der Waals surface area (Å²) in [7, 11) is 1.64. The molecule has 6 heteroatoms. The number of amides is 3. The number of likely N-dealkylation sites (tertiary alicyclic amines) is 1. The number of carbonyl (C=O) groups is 2. The summed E-state index contributed by atoms with van der Waals surface area (Å²) in [5.74, 6) is 0.602. The lowest BCUT2D eigenvalue weighted by atomic mass is 9.90. The average Bonchev–Trinajstić information content (AvgIpc) is 2.92. The summed E-state index contributed by atoms with van der Waals surface area (Å²) in [6, 6.07) is 11.3. The Labute approximate surface area is 159 Å². The molecule has 2 aromatic rings. The second kappa shape index (κ2) is 6.85. The Bertz CT molecular complexity index is 891. The summed E-state index contributed by atoms with van der Waals surface area (Å²) in [5, 5.41) is 4.95. The van der Waals surface area contributed by atoms with E-state index in [2.05, 4.69) is 10.2 Å². The van der Waals surface area contributed by atoms with Crippen LogP contribution in [-0.2, 0) is 10.3 Å². The topological polar surface area (TPSA) is 61.9 Å². The Morgan fingerprint density at radius 2 is 1.74 bits per heavy atom. The number of rotatable bonds is 4. The van der Waals surface area contributed by atoms with E-state index in [0.717, 1.165) is 48.0 Å². The first-order valence-electron chi connectivity index (χ1n) is 9.46. The Balaban J connectivity index is 1.61. The minimum Gasteiger partial charge on any atom is -0.497 e. The van der Waals surface area contributed by atoms with Gasteiger partial charge in [-0.2, -0.15) is 0 Å². The number of urea groups is 1. The van der Waals surface area contributed by atoms with E-state index in [-0.39, 0.29) is 11.9 Å². The van der Waals surface area contributed by atoms with Gasteiger partial charge >= 0.3 is 6.03 Å². The molecule has 142 valence electrons. The predicted molar refractivity (Wildman–Crippen MR) is 104 cm³/mol. The van der Waals surface area contributed by atoms with Crippen molar-refractivity contribution in [2.24, 2.45) is 0 Å². The molecule has 0 unspecified atom stereocenters. The molecule has 2 fully saturated rings. The molecule has 2 aromatic carbocycles. The lowest BCUT2D eigenvalue weighted by Gasteiger charge is -2.30. The van der Waals surface area contributed by atoms with Gasteiger partial charge in [0, 0.05) is 0 Å². The molecule has 1 atom stereocenters. The van der Waals surface area contributed by atoms with E-state index in [1.54, 1.807) is 14.0 Å². The third-order valence-electron chi connectivity index (χ3n) is 5.69. The number of ether oxygens (including phenoxy) is 1. The monoisotopic (exact) mass is 367 g/mol. The Morgan fingerprint density at radius 1 is 1.04 bits per heavy atom. The molecule has 6 nitrogen and oxygen atoms in total. The van der Waals surface area contributed by atoms with Crippen LogP contribution in [0.25, 0.3) is 10.8 Å². The fourth-order valence-corrected chi connectivity index (χ4v) is 3.98. The van der Waals surface area contributed by atoms with Gasteiger partial charge in [0.25, 0.3) is 5.91 Å². The molecule has 0 aromatic heterocycles. The van der Waals surface area contributed by atoms with Crippen molar-refractivity contribution < 1.29 is 14.3 Å². The van der Waals surface area contributed by atoms with Crippen molar-refractivity contribution in [3.8, 4) is 5.75 Å². The molecule has 27 heavy (non-hydrogen) atoms. The van der Waals surface area contributed by atoms with E-state index in [0.29, 0.717) is 6.67 Å². The Morgan fingerprint density at radius 3 is 2.48 bits per heavy atom. The largest absolute Gasteiger partial charge is 0.497 e. The van der Waals surface area contributed by atoms with Crippen molar-refractivity contribution in [2.45, 2.75) is 31.7 Å². The van der Waals surface area contributed by atoms with Crippen LogP contribution in [0.3, 0.4) is 0 Å². The van der Waals surface area contributed by atoms with Crippen molar-refractivity contribution in [2.75, 3.05) is 26.9 Å². The van der Waals surface area contributed by atoms with E-state index in [1.165, 1.54) is 11.3 Å². The third-order valence-corrected chi connectivity index (χ3v) is 5.69. The van der Waals surface area contributed by atoms with Crippen LogP contribution in [0.15, 0.2) is 36.4 Å². The number of piperidine rings is 1. The summed E-state index contributed by atoms with van der Waals surface area (Å²) in [5.41, 5.74) is -0.249. The SMILES string of the molecule is COc1ccc2cc([C@@]3(C)NC(=O)N(CN4CCCCC4)C3=O)ccc2c1. The molecule has 2 heterocycles. The number of methoxy groups -OCH3 is 1. The normalized spacial score (nSPS) is 23.7. The Kier molecular flexibility index (Phi) is 4.52. The standard InChI is InChI=1S/C21H25N3O3/c1-21(17-8-6-16-13-18(27-2)9-7-15(16)12-17)19(25)24(20(26)22-21)14-23-10-4-3-5-11-23/h6-9,12-13H,3-5,10-11,14H2,1-2H3,(H,22,26)/t21-/m1/s1. The second-order valence-corrected chi connectivity index (χ2v) is 7.54. The van der Waals surface area contributed by atoms with Gasteiger partial charge in [-0.3, -0.25) is 9.69 Å². The maximum atomic E-state index is 13.1. The number of hydrogen-bond donors (Lipinski definition) is 1. The zero-order chi connectivity index (χ0) is 19.0. The van der Waals surface area contributed by atoms with Crippen LogP contribution in [0.5, 0.6) is 5.75 Å². The van der Waals surface area contributed by atoms with Gasteiger partial charge in [0.05, 0.1) is 13.8 Å². The molecular formula is C21H25N3O3. The summed E-state index contributed by atoms with van der Waals surface area (Å²) >= 11 is 0. The average molecular weight is 367 g/mol. The van der Waals surface area contributed by atoms with Crippen LogP contribution in [0, 0.1) is 0 Å². The summed E-state index contributed by atoms with van der Waals surface area (Å²) in [4.78, 5) is 29.2. The zero-order valence-electron chi connectivity index (χ0n) is 15.8. The second-order valence-electron chi connectivity index (χ2n) is 7.54. The molecule has 0 saturated carbocycles. The zero-order valence-corrected chi connectivity index (χ0v) is 15.8. The van der Waals surface area contributed by atoms with Crippen LogP contribution >= 0.6 is 0 Å². The minimum atomic E-state index is -1.04. The van der Waals surface area contributed by atoms with Crippen LogP contribution in [0.1, 0.15) is 31.7 Å². The highest BCUT2D eigenvalue weighted by Gasteiger charge is 2.49. The van der Waals surface area contributed by atoms with Gasteiger partial charge in [-0.15, -0.1) is 0 Å². The molecular weight excluding hydrogens is 342 g/mol. The fraction of sp³-hybridized carbons (Fsp3) is 0.429. The van der Waals surface area contributed by atoms with Crippen LogP contribution < -0.4 is 10.1 Å². The third kappa shape index (κ3) is 3.14. The van der Waals surface area contributed by atoms with E-state index in [9.17, 15) is 9.59 Å². The summed E-state index contributed by atoms with van der Waals surface area (Å²) < 4.78 is 5.27. The van der Waals surface area contributed by atoms with Gasteiger partial charge in [-0.05, 0) is 67.4 Å². The van der Waals surface area contributed by atoms with Crippen molar-refractivity contribution in [1.82, 2.24) is 15.1 Å². The van der Waals surface area contributed by atoms with Crippen molar-refractivity contribution >= 4 is 22.7 Å². The first-order valence-corrected chi connectivity index (χ1v) is 9.46. The van der Waals surface area contributed by atoms with Gasteiger partial charge in [0.2, 0.25) is 0 Å². The highest BCUT2D eigenvalue weighted by molar-refractivity contribution is 6.07. The van der Waals surface area contributed by atoms with Crippen LogP contribution in [0.2, 0.25) is 0 Å². The predicted octanol–water partition coefficient (Wildman–Crippen LogP) is 3.06. The van der Waals surface area contributed by atoms with E-state index in [1.807, 2.05) is 36.4 Å². The molecule has 2 saturated heterocycles. The minimum absolute atomic E-state index is 0.189. The number of imide groups is 1. The quantitative estimate of drug-likeness (QED) is 0.844. The maximum Gasteiger partial charge on any atom is 0.326 e. The van der Waals surface area contributed by atoms with Gasteiger partial charge in [-0.25, -0.2) is 9.69 Å². The number of nitrogens with zero attached hydrogens (tertiary/aromatic N) is 2. The number of carbonyl (C=O) groups excluding carboxylic acids is 2.